The first-order chi connectivity index (χ1) is 43.3. The summed E-state index contributed by atoms with van der Waals surface area (Å²) in [4.78, 5) is 35.4. The molecular weight excluding hydrogens is 1110 g/mol. The molecule has 0 bridgehead atoms. The summed E-state index contributed by atoms with van der Waals surface area (Å²) < 4.78 is 33.2. The van der Waals surface area contributed by atoms with Crippen molar-refractivity contribution in [3.8, 4) is 0 Å². The second-order valence-electron chi connectivity index (χ2n) is 26.6. The molecule has 0 heterocycles. The van der Waals surface area contributed by atoms with Gasteiger partial charge in [0.2, 0.25) is 0 Å². The fourth-order valence-corrected chi connectivity index (χ4v) is 12.8. The number of nitrogens with two attached hydrogens (primary N) is 1. The number of unbranched alkanes of at least 4 members (excludes halogenated alkanes) is 56. The highest BCUT2D eigenvalue weighted by Crippen LogP contribution is 2.43. The van der Waals surface area contributed by atoms with Crippen LogP contribution in [0.1, 0.15) is 418 Å². The number of rotatable bonds is 75. The van der Waals surface area contributed by atoms with E-state index in [4.69, 9.17) is 24.3 Å². The molecule has 0 aliphatic heterocycles. The van der Waals surface area contributed by atoms with Crippen LogP contribution in [0.2, 0.25) is 0 Å². The van der Waals surface area contributed by atoms with E-state index in [2.05, 4.69) is 50.3 Å². The second-order valence-corrected chi connectivity index (χ2v) is 28.0. The van der Waals surface area contributed by atoms with E-state index < -0.39 is 26.5 Å². The van der Waals surface area contributed by atoms with Crippen LogP contribution >= 0.6 is 7.82 Å². The van der Waals surface area contributed by atoms with Crippen molar-refractivity contribution < 1.29 is 37.6 Å². The normalized spacial score (nSPS) is 13.0. The number of hydrogen-bond acceptors (Lipinski definition) is 8. The molecule has 2 atom stereocenters. The molecule has 0 saturated carbocycles. The van der Waals surface area contributed by atoms with Gasteiger partial charge in [0.15, 0.2) is 6.10 Å². The first-order valence-electron chi connectivity index (χ1n) is 39.0. The molecule has 0 fully saturated rings. The van der Waals surface area contributed by atoms with Gasteiger partial charge in [-0.2, -0.15) is 0 Å². The minimum absolute atomic E-state index is 0.0549. The molecule has 0 aromatic carbocycles. The first kappa shape index (κ1) is 86.2. The van der Waals surface area contributed by atoms with Crippen molar-refractivity contribution in [3.05, 3.63) is 36.5 Å². The predicted octanol–water partition coefficient (Wildman–Crippen LogP) is 25.8. The van der Waals surface area contributed by atoms with Gasteiger partial charge in [0.1, 0.15) is 6.61 Å². The van der Waals surface area contributed by atoms with Crippen LogP contribution in [0.5, 0.6) is 0 Å². The number of phosphoric acid groups is 1. The van der Waals surface area contributed by atoms with Crippen LogP contribution in [0.15, 0.2) is 36.5 Å². The number of carbonyl (C=O) groups excluding carboxylic acids is 2. The van der Waals surface area contributed by atoms with E-state index in [1.165, 1.54) is 334 Å². The van der Waals surface area contributed by atoms with Crippen molar-refractivity contribution in [3.63, 3.8) is 0 Å². The number of phosphoric ester groups is 1. The third-order valence-electron chi connectivity index (χ3n) is 17.8. The molecule has 0 aliphatic rings. The molecule has 0 saturated heterocycles. The zero-order valence-electron chi connectivity index (χ0n) is 58.7. The Kier molecular flexibility index (Phi) is 72.8. The summed E-state index contributed by atoms with van der Waals surface area (Å²) in [5.41, 5.74) is 5.41. The molecule has 0 amide bonds. The lowest BCUT2D eigenvalue weighted by atomic mass is 10.0. The predicted molar refractivity (Wildman–Crippen MR) is 381 cm³/mol. The Morgan fingerprint density at radius 2 is 0.591 bits per heavy atom. The van der Waals surface area contributed by atoms with Crippen molar-refractivity contribution >= 4 is 19.8 Å². The average molecular weight is 1260 g/mol. The monoisotopic (exact) mass is 1260 g/mol. The molecule has 2 unspecified atom stereocenters. The third kappa shape index (κ3) is 73.3. The smallest absolute Gasteiger partial charge is 0.462 e. The lowest BCUT2D eigenvalue weighted by molar-refractivity contribution is -0.161. The van der Waals surface area contributed by atoms with Gasteiger partial charge in [-0.05, 0) is 51.4 Å². The van der Waals surface area contributed by atoms with Crippen molar-refractivity contribution in [1.82, 2.24) is 0 Å². The SMILES string of the molecule is CCCCCCC/C=C\C/C=C\C/C=C\CCCCCCCCCCCCCCC(=O)OC(COC(=O)CCCCCCCCCCCCCCCCCCCCCCCCCCCCCCCCCCCCCCCCCC)COP(=O)(O)OCCN. The Morgan fingerprint density at radius 1 is 0.341 bits per heavy atom. The molecule has 0 radical (unpaired) electrons. The van der Waals surface area contributed by atoms with Gasteiger partial charge in [-0.1, -0.05) is 391 Å². The van der Waals surface area contributed by atoms with Gasteiger partial charge in [-0.15, -0.1) is 0 Å². The molecule has 0 aliphatic carbocycles. The maximum atomic E-state index is 12.8. The molecule has 10 heteroatoms. The molecule has 0 spiro atoms. The molecule has 9 nitrogen and oxygen atoms in total. The zero-order chi connectivity index (χ0) is 63.7. The van der Waals surface area contributed by atoms with E-state index >= 15 is 0 Å². The molecule has 3 N–H and O–H groups in total. The molecule has 88 heavy (non-hydrogen) atoms. The molecule has 0 aromatic heterocycles. The van der Waals surface area contributed by atoms with Crippen LogP contribution < -0.4 is 5.73 Å². The Labute approximate surface area is 547 Å². The van der Waals surface area contributed by atoms with Crippen molar-refractivity contribution in [2.24, 2.45) is 5.73 Å². The van der Waals surface area contributed by atoms with E-state index in [9.17, 15) is 19.0 Å². The third-order valence-corrected chi connectivity index (χ3v) is 18.8. The van der Waals surface area contributed by atoms with Gasteiger partial charge in [0.05, 0.1) is 13.2 Å². The van der Waals surface area contributed by atoms with Crippen LogP contribution in [0.4, 0.5) is 0 Å². The maximum Gasteiger partial charge on any atom is 0.472 e. The largest absolute Gasteiger partial charge is 0.472 e. The Bertz CT molecular complexity index is 1540. The Hall–Kier alpha value is -1.77. The summed E-state index contributed by atoms with van der Waals surface area (Å²) >= 11 is 0. The highest BCUT2D eigenvalue weighted by molar-refractivity contribution is 7.47. The quantitative estimate of drug-likeness (QED) is 0.0264. The van der Waals surface area contributed by atoms with E-state index in [1.54, 1.807) is 0 Å². The summed E-state index contributed by atoms with van der Waals surface area (Å²) in [6, 6.07) is 0. The highest BCUT2D eigenvalue weighted by Gasteiger charge is 2.26. The van der Waals surface area contributed by atoms with Crippen molar-refractivity contribution in [2.45, 2.75) is 424 Å². The number of ether oxygens (including phenoxy) is 2. The minimum Gasteiger partial charge on any atom is -0.462 e. The Morgan fingerprint density at radius 3 is 0.875 bits per heavy atom. The van der Waals surface area contributed by atoms with Gasteiger partial charge >= 0.3 is 19.8 Å². The number of carbonyl (C=O) groups is 2. The van der Waals surface area contributed by atoms with Gasteiger partial charge < -0.3 is 20.1 Å². The van der Waals surface area contributed by atoms with Gasteiger partial charge in [-0.25, -0.2) is 4.57 Å². The number of esters is 2. The van der Waals surface area contributed by atoms with Crippen LogP contribution in [0.25, 0.3) is 0 Å². The number of hydrogen-bond donors (Lipinski definition) is 2. The van der Waals surface area contributed by atoms with E-state index in [1.807, 2.05) is 0 Å². The fourth-order valence-electron chi connectivity index (χ4n) is 12.0. The summed E-state index contributed by atoms with van der Waals surface area (Å²) in [7, 11) is -4.39. The van der Waals surface area contributed by atoms with Crippen LogP contribution in [0, 0.1) is 0 Å². The van der Waals surface area contributed by atoms with Crippen molar-refractivity contribution in [2.75, 3.05) is 26.4 Å². The first-order valence-corrected chi connectivity index (χ1v) is 40.5. The molecule has 0 rings (SSSR count). The zero-order valence-corrected chi connectivity index (χ0v) is 59.6. The second kappa shape index (κ2) is 74.3. The molecular formula is C78H150NO8P. The van der Waals surface area contributed by atoms with E-state index in [0.717, 1.165) is 51.4 Å². The minimum atomic E-state index is -4.39. The van der Waals surface area contributed by atoms with Crippen LogP contribution in [-0.2, 0) is 32.7 Å². The van der Waals surface area contributed by atoms with E-state index in [-0.39, 0.29) is 38.6 Å². The standard InChI is InChI=1S/C78H150NO8P/c1-3-5-7-9-11-13-15-17-19-21-23-25-27-29-31-32-33-34-35-36-37-38-39-40-41-42-43-45-46-48-50-52-54-56-58-60-62-64-66-68-70-77(80)84-74-76(75-86-88(82,83)85-73-72-79)87-78(81)71-69-67-65-63-61-59-57-55-53-51-49-47-44-30-28-26-24-22-20-18-16-14-12-10-8-6-4-2/h16,18,22,24,28,30,76H,3-15,17,19-21,23,25-27,29,31-75,79H2,1-2H3,(H,82,83)/b18-16-,24-22-,30-28-. The van der Waals surface area contributed by atoms with Crippen molar-refractivity contribution in [1.29, 1.82) is 0 Å². The summed E-state index contributed by atoms with van der Waals surface area (Å²) in [5.74, 6) is -0.808. The topological polar surface area (TPSA) is 134 Å². The molecule has 520 valence electrons. The fraction of sp³-hybridized carbons (Fsp3) is 0.897. The Balaban J connectivity index is 3.74. The van der Waals surface area contributed by atoms with Gasteiger partial charge in [-0.3, -0.25) is 18.6 Å². The number of allylic oxidation sites excluding steroid dienone is 6. The van der Waals surface area contributed by atoms with Crippen LogP contribution in [-0.4, -0.2) is 49.3 Å². The highest BCUT2D eigenvalue weighted by atomic mass is 31.2. The average Bonchev–Trinajstić information content (AvgIpc) is 3.62. The molecule has 0 aromatic rings. The maximum absolute atomic E-state index is 12.8. The summed E-state index contributed by atoms with van der Waals surface area (Å²) in [6.45, 7) is 3.81. The van der Waals surface area contributed by atoms with E-state index in [0.29, 0.717) is 6.42 Å². The van der Waals surface area contributed by atoms with Gasteiger partial charge in [0, 0.05) is 19.4 Å². The van der Waals surface area contributed by atoms with Gasteiger partial charge in [0.25, 0.3) is 0 Å². The lowest BCUT2D eigenvalue weighted by Gasteiger charge is -2.19. The van der Waals surface area contributed by atoms with Crippen LogP contribution in [0.3, 0.4) is 0 Å². The summed E-state index contributed by atoms with van der Waals surface area (Å²) in [6.07, 6.45) is 94.3. The summed E-state index contributed by atoms with van der Waals surface area (Å²) in [5, 5.41) is 0. The lowest BCUT2D eigenvalue weighted by Crippen LogP contribution is -2.29.